The molecule has 0 aliphatic rings. The fourth-order valence-corrected chi connectivity index (χ4v) is 2.01. The summed E-state index contributed by atoms with van der Waals surface area (Å²) in [5, 5.41) is 0. The summed E-state index contributed by atoms with van der Waals surface area (Å²) < 4.78 is 6.08. The van der Waals surface area contributed by atoms with Gasteiger partial charge in [0, 0.05) is 6.92 Å². The van der Waals surface area contributed by atoms with Crippen LogP contribution in [0.1, 0.15) is 24.9 Å². The molecule has 2 N–H and O–H groups in total. The van der Waals surface area contributed by atoms with Crippen molar-refractivity contribution < 1.29 is 4.42 Å². The molecule has 2 heterocycles. The lowest BCUT2D eigenvalue weighted by Gasteiger charge is -2.06. The van der Waals surface area contributed by atoms with Gasteiger partial charge in [0.1, 0.15) is 17.8 Å². The monoisotopic (exact) mass is 344 g/mol. The van der Waals surface area contributed by atoms with E-state index in [1.54, 1.807) is 13.2 Å². The van der Waals surface area contributed by atoms with E-state index in [1.165, 1.54) is 0 Å². The SMILES string of the molecule is CCCc1nc(-c2coc(C)n2)nc(N)c1I. The van der Waals surface area contributed by atoms with Crippen LogP contribution >= 0.6 is 22.6 Å². The Hall–Kier alpha value is -1.18. The largest absolute Gasteiger partial charge is 0.449 e. The van der Waals surface area contributed by atoms with E-state index in [0.717, 1.165) is 22.1 Å². The van der Waals surface area contributed by atoms with E-state index < -0.39 is 0 Å². The van der Waals surface area contributed by atoms with Crippen molar-refractivity contribution in [3.05, 3.63) is 21.4 Å². The second-order valence-corrected chi connectivity index (χ2v) is 4.77. The van der Waals surface area contributed by atoms with E-state index in [0.29, 0.717) is 23.2 Å². The summed E-state index contributed by atoms with van der Waals surface area (Å²) in [5.41, 5.74) is 7.48. The molecule has 0 atom stereocenters. The molecule has 0 saturated heterocycles. The van der Waals surface area contributed by atoms with Crippen molar-refractivity contribution in [1.29, 1.82) is 0 Å². The second-order valence-electron chi connectivity index (χ2n) is 3.69. The Balaban J connectivity index is 2.48. The van der Waals surface area contributed by atoms with Gasteiger partial charge in [-0.15, -0.1) is 0 Å². The average Bonchev–Trinajstić information content (AvgIpc) is 2.71. The molecule has 0 radical (unpaired) electrons. The van der Waals surface area contributed by atoms with Crippen LogP contribution in [-0.2, 0) is 6.42 Å². The Morgan fingerprint density at radius 1 is 1.35 bits per heavy atom. The van der Waals surface area contributed by atoms with Gasteiger partial charge in [0.2, 0.25) is 0 Å². The molecule has 5 nitrogen and oxygen atoms in total. The van der Waals surface area contributed by atoms with Gasteiger partial charge in [-0.25, -0.2) is 15.0 Å². The first-order valence-electron chi connectivity index (χ1n) is 5.36. The molecule has 0 amide bonds. The van der Waals surface area contributed by atoms with Gasteiger partial charge >= 0.3 is 0 Å². The van der Waals surface area contributed by atoms with Crippen LogP contribution in [0.25, 0.3) is 11.5 Å². The third kappa shape index (κ3) is 2.56. The molecule has 2 rings (SSSR count). The fourth-order valence-electron chi connectivity index (χ4n) is 1.50. The Labute approximate surface area is 113 Å². The standard InChI is InChI=1S/C11H13IN4O/c1-3-4-7-9(12)10(13)16-11(15-7)8-5-17-6(2)14-8/h5H,3-4H2,1-2H3,(H2,13,15,16). The number of hydrogen-bond acceptors (Lipinski definition) is 5. The number of nitrogen functional groups attached to an aromatic ring is 1. The van der Waals surface area contributed by atoms with Crippen molar-refractivity contribution in [3.63, 3.8) is 0 Å². The molecular weight excluding hydrogens is 331 g/mol. The lowest BCUT2D eigenvalue weighted by Crippen LogP contribution is -2.05. The highest BCUT2D eigenvalue weighted by molar-refractivity contribution is 14.1. The van der Waals surface area contributed by atoms with E-state index in [2.05, 4.69) is 44.5 Å². The number of hydrogen-bond donors (Lipinski definition) is 1. The quantitative estimate of drug-likeness (QED) is 0.866. The predicted molar refractivity (Wildman–Crippen MR) is 73.4 cm³/mol. The zero-order valence-electron chi connectivity index (χ0n) is 9.70. The van der Waals surface area contributed by atoms with Crippen LogP contribution in [0.4, 0.5) is 5.82 Å². The highest BCUT2D eigenvalue weighted by Crippen LogP contribution is 2.22. The molecule has 6 heteroatoms. The molecule has 0 unspecified atom stereocenters. The van der Waals surface area contributed by atoms with Crippen molar-refractivity contribution in [3.8, 4) is 11.5 Å². The van der Waals surface area contributed by atoms with Crippen LogP contribution in [-0.4, -0.2) is 15.0 Å². The number of halogens is 1. The molecule has 0 spiro atoms. The molecule has 2 aromatic heterocycles. The topological polar surface area (TPSA) is 77.8 Å². The van der Waals surface area contributed by atoms with Crippen molar-refractivity contribution in [2.24, 2.45) is 0 Å². The smallest absolute Gasteiger partial charge is 0.191 e. The summed E-state index contributed by atoms with van der Waals surface area (Å²) in [6, 6.07) is 0. The molecule has 0 aromatic carbocycles. The number of anilines is 1. The van der Waals surface area contributed by atoms with Crippen LogP contribution in [0.2, 0.25) is 0 Å². The number of oxazole rings is 1. The van der Waals surface area contributed by atoms with Crippen LogP contribution in [0.15, 0.2) is 10.7 Å². The molecule has 0 aliphatic heterocycles. The van der Waals surface area contributed by atoms with Gasteiger partial charge in [0.15, 0.2) is 11.7 Å². The maximum atomic E-state index is 5.88. The number of rotatable bonds is 3. The second kappa shape index (κ2) is 4.99. The van der Waals surface area contributed by atoms with Gasteiger partial charge in [-0.2, -0.15) is 0 Å². The van der Waals surface area contributed by atoms with Gasteiger partial charge in [0.05, 0.1) is 9.26 Å². The van der Waals surface area contributed by atoms with Gasteiger partial charge in [-0.1, -0.05) is 13.3 Å². The average molecular weight is 344 g/mol. The molecule has 17 heavy (non-hydrogen) atoms. The highest BCUT2D eigenvalue weighted by atomic mass is 127. The molecule has 90 valence electrons. The van der Waals surface area contributed by atoms with Gasteiger partial charge in [-0.05, 0) is 29.0 Å². The Bertz CT molecular complexity index is 538. The van der Waals surface area contributed by atoms with Gasteiger partial charge < -0.3 is 10.2 Å². The molecule has 0 aliphatic carbocycles. The van der Waals surface area contributed by atoms with E-state index >= 15 is 0 Å². The minimum absolute atomic E-state index is 0.500. The van der Waals surface area contributed by atoms with Gasteiger partial charge in [-0.3, -0.25) is 0 Å². The number of nitrogens with zero attached hydrogens (tertiary/aromatic N) is 3. The lowest BCUT2D eigenvalue weighted by molar-refractivity contribution is 0.521. The maximum Gasteiger partial charge on any atom is 0.191 e. The lowest BCUT2D eigenvalue weighted by atomic mass is 10.2. The first kappa shape index (κ1) is 12.3. The Morgan fingerprint density at radius 3 is 2.71 bits per heavy atom. The summed E-state index contributed by atoms with van der Waals surface area (Å²) in [6.45, 7) is 3.89. The third-order valence-corrected chi connectivity index (χ3v) is 3.46. The van der Waals surface area contributed by atoms with Crippen molar-refractivity contribution in [1.82, 2.24) is 15.0 Å². The first-order chi connectivity index (χ1) is 8.11. The number of aromatic nitrogens is 3. The summed E-state index contributed by atoms with van der Waals surface area (Å²) in [4.78, 5) is 12.9. The van der Waals surface area contributed by atoms with Crippen molar-refractivity contribution in [2.45, 2.75) is 26.7 Å². The minimum atomic E-state index is 0.500. The van der Waals surface area contributed by atoms with Crippen LogP contribution in [0.5, 0.6) is 0 Å². The zero-order chi connectivity index (χ0) is 12.4. The molecule has 0 fully saturated rings. The minimum Gasteiger partial charge on any atom is -0.449 e. The van der Waals surface area contributed by atoms with Crippen molar-refractivity contribution >= 4 is 28.4 Å². The Morgan fingerprint density at radius 2 is 2.12 bits per heavy atom. The molecule has 0 saturated carbocycles. The Kier molecular flexibility index (Phi) is 3.60. The normalized spacial score (nSPS) is 10.8. The molecule has 2 aromatic rings. The van der Waals surface area contributed by atoms with Crippen LogP contribution < -0.4 is 5.73 Å². The van der Waals surface area contributed by atoms with Crippen molar-refractivity contribution in [2.75, 3.05) is 5.73 Å². The molecular formula is C11H13IN4O. The van der Waals surface area contributed by atoms with E-state index in [1.807, 2.05) is 0 Å². The van der Waals surface area contributed by atoms with E-state index in [-0.39, 0.29) is 0 Å². The zero-order valence-corrected chi connectivity index (χ0v) is 11.9. The summed E-state index contributed by atoms with van der Waals surface area (Å²) in [7, 11) is 0. The van der Waals surface area contributed by atoms with Crippen LogP contribution in [0, 0.1) is 10.5 Å². The van der Waals surface area contributed by atoms with Gasteiger partial charge in [0.25, 0.3) is 0 Å². The highest BCUT2D eigenvalue weighted by Gasteiger charge is 2.13. The number of nitrogens with two attached hydrogens (primary N) is 1. The van der Waals surface area contributed by atoms with Crippen LogP contribution in [0.3, 0.4) is 0 Å². The van der Waals surface area contributed by atoms with E-state index in [4.69, 9.17) is 10.2 Å². The summed E-state index contributed by atoms with van der Waals surface area (Å²) in [5.74, 6) is 1.63. The summed E-state index contributed by atoms with van der Waals surface area (Å²) >= 11 is 2.18. The predicted octanol–water partition coefficient (Wildman–Crippen LogP) is 2.58. The maximum absolute atomic E-state index is 5.88. The van der Waals surface area contributed by atoms with E-state index in [9.17, 15) is 0 Å². The number of aryl methyl sites for hydroxylation is 2. The third-order valence-electron chi connectivity index (χ3n) is 2.28. The molecule has 0 bridgehead atoms. The summed E-state index contributed by atoms with van der Waals surface area (Å²) in [6.07, 6.45) is 3.45. The fraction of sp³-hybridized carbons (Fsp3) is 0.364. The first-order valence-corrected chi connectivity index (χ1v) is 6.44.